The van der Waals surface area contributed by atoms with E-state index in [4.69, 9.17) is 63.2 Å². The van der Waals surface area contributed by atoms with Crippen molar-refractivity contribution in [3.63, 3.8) is 0 Å². The second kappa shape index (κ2) is 17.0. The molecule has 0 radical (unpaired) electrons. The molecule has 10 nitrogen and oxygen atoms in total. The van der Waals surface area contributed by atoms with Gasteiger partial charge in [0.15, 0.2) is 11.5 Å². The highest BCUT2D eigenvalue weighted by Gasteiger charge is 2.47. The summed E-state index contributed by atoms with van der Waals surface area (Å²) in [4.78, 5) is 26.4. The van der Waals surface area contributed by atoms with Crippen LogP contribution in [0.1, 0.15) is 44.7 Å². The van der Waals surface area contributed by atoms with Gasteiger partial charge in [-0.25, -0.2) is 9.59 Å². The molecule has 4 aromatic rings. The van der Waals surface area contributed by atoms with Crippen molar-refractivity contribution in [2.75, 3.05) is 39.0 Å². The fourth-order valence-electron chi connectivity index (χ4n) is 7.30. The molecular formula is C41H39Cl3N2O8S. The van der Waals surface area contributed by atoms with Gasteiger partial charge in [-0.15, -0.1) is 11.8 Å². The molecule has 288 valence electrons. The summed E-state index contributed by atoms with van der Waals surface area (Å²) in [6.45, 7) is 5.63. The standard InChI is InChI=1S/C41H39Cl3N2O8S/c1-3-19-49-34-25(2)35-36(53-24-52-35)33-32(34)29-20-50-38(47)31(46-39(48)51-23-40(42,43)44)22-55-37(33)45-30(29)21-54-41(26-13-7-4-8-14-26,27-15-9-5-10-16-27)28-17-11-6-12-18-28/h3-18,29-31,37,45H,1,19-24H2,2H3,(H,46,48). The molecule has 4 atom stereocenters. The van der Waals surface area contributed by atoms with Gasteiger partial charge in [0.05, 0.1) is 18.6 Å². The average Bonchev–Trinajstić information content (AvgIpc) is 3.69. The van der Waals surface area contributed by atoms with Crippen molar-refractivity contribution in [3.05, 3.63) is 137 Å². The molecule has 0 aliphatic carbocycles. The molecule has 1 amide bonds. The number of thioether (sulfide) groups is 1. The number of ether oxygens (including phenoxy) is 6. The van der Waals surface area contributed by atoms with Gasteiger partial charge >= 0.3 is 12.1 Å². The number of halogens is 3. The van der Waals surface area contributed by atoms with E-state index in [0.29, 0.717) is 17.2 Å². The topological polar surface area (TPSA) is 114 Å². The fourth-order valence-corrected chi connectivity index (χ4v) is 8.74. The number of rotatable bonds is 11. The van der Waals surface area contributed by atoms with Gasteiger partial charge in [0.1, 0.15) is 30.6 Å². The van der Waals surface area contributed by atoms with E-state index in [1.165, 1.54) is 11.8 Å². The molecule has 3 heterocycles. The van der Waals surface area contributed by atoms with Gasteiger partial charge in [0, 0.05) is 34.4 Å². The summed E-state index contributed by atoms with van der Waals surface area (Å²) >= 11 is 18.7. The summed E-state index contributed by atoms with van der Waals surface area (Å²) in [7, 11) is 0. The summed E-state index contributed by atoms with van der Waals surface area (Å²) < 4.78 is 35.2. The molecule has 0 saturated carbocycles. The zero-order chi connectivity index (χ0) is 38.6. The van der Waals surface area contributed by atoms with Crippen molar-refractivity contribution in [2.45, 2.75) is 39.7 Å². The van der Waals surface area contributed by atoms with Crippen LogP contribution in [0.4, 0.5) is 4.79 Å². The monoisotopic (exact) mass is 824 g/mol. The number of amides is 1. The Morgan fingerprint density at radius 3 is 2.11 bits per heavy atom. The second-order valence-corrected chi connectivity index (χ2v) is 16.8. The minimum absolute atomic E-state index is 0.0318. The molecule has 14 heteroatoms. The van der Waals surface area contributed by atoms with Crippen LogP contribution in [0.2, 0.25) is 0 Å². The van der Waals surface area contributed by atoms with E-state index in [9.17, 15) is 9.59 Å². The number of carbonyl (C=O) groups excluding carboxylic acids is 2. The molecule has 4 unspecified atom stereocenters. The molecule has 2 bridgehead atoms. The van der Waals surface area contributed by atoms with E-state index in [0.717, 1.165) is 33.4 Å². The smallest absolute Gasteiger partial charge is 0.408 e. The molecule has 0 saturated heterocycles. The lowest BCUT2D eigenvalue weighted by Gasteiger charge is -2.43. The first-order valence-electron chi connectivity index (χ1n) is 17.6. The van der Waals surface area contributed by atoms with Gasteiger partial charge in [0.25, 0.3) is 0 Å². The Morgan fingerprint density at radius 2 is 1.53 bits per heavy atom. The summed E-state index contributed by atoms with van der Waals surface area (Å²) in [5.74, 6) is 0.686. The zero-order valence-corrected chi connectivity index (χ0v) is 32.9. The van der Waals surface area contributed by atoms with Crippen LogP contribution in [0.25, 0.3) is 0 Å². The second-order valence-electron chi connectivity index (χ2n) is 13.1. The van der Waals surface area contributed by atoms with Crippen molar-refractivity contribution in [2.24, 2.45) is 0 Å². The molecule has 0 aromatic heterocycles. The van der Waals surface area contributed by atoms with Crippen LogP contribution in [0.15, 0.2) is 104 Å². The third-order valence-electron chi connectivity index (χ3n) is 9.70. The largest absolute Gasteiger partial charge is 0.489 e. The van der Waals surface area contributed by atoms with Gasteiger partial charge < -0.3 is 33.7 Å². The Hall–Kier alpha value is -4.10. The van der Waals surface area contributed by atoms with Crippen molar-refractivity contribution in [1.29, 1.82) is 0 Å². The molecule has 0 fully saturated rings. The number of benzene rings is 4. The number of alkyl carbamates (subject to hydrolysis) is 1. The highest BCUT2D eigenvalue weighted by atomic mass is 35.6. The first kappa shape index (κ1) is 39.1. The van der Waals surface area contributed by atoms with Gasteiger partial charge in [-0.3, -0.25) is 5.32 Å². The van der Waals surface area contributed by atoms with E-state index < -0.39 is 51.4 Å². The first-order chi connectivity index (χ1) is 26.6. The van der Waals surface area contributed by atoms with Gasteiger partial charge in [-0.05, 0) is 23.6 Å². The van der Waals surface area contributed by atoms with Crippen LogP contribution >= 0.6 is 46.6 Å². The van der Waals surface area contributed by atoms with E-state index in [1.807, 2.05) is 61.5 Å². The molecular weight excluding hydrogens is 787 g/mol. The number of hydrogen-bond donors (Lipinski definition) is 2. The van der Waals surface area contributed by atoms with Crippen LogP contribution < -0.4 is 24.8 Å². The maximum absolute atomic E-state index is 13.7. The summed E-state index contributed by atoms with van der Waals surface area (Å²) in [6, 6.07) is 28.8. The Morgan fingerprint density at radius 1 is 0.927 bits per heavy atom. The lowest BCUT2D eigenvalue weighted by Crippen LogP contribution is -2.51. The number of esters is 1. The van der Waals surface area contributed by atoms with Crippen LogP contribution in [-0.2, 0) is 24.6 Å². The summed E-state index contributed by atoms with van der Waals surface area (Å²) in [6.07, 6.45) is 0.747. The lowest BCUT2D eigenvalue weighted by molar-refractivity contribution is -0.146. The van der Waals surface area contributed by atoms with E-state index in [1.54, 1.807) is 6.08 Å². The zero-order valence-electron chi connectivity index (χ0n) is 29.8. The van der Waals surface area contributed by atoms with Crippen molar-refractivity contribution in [1.82, 2.24) is 10.6 Å². The predicted molar refractivity (Wildman–Crippen MR) is 213 cm³/mol. The highest BCUT2D eigenvalue weighted by molar-refractivity contribution is 7.99. The van der Waals surface area contributed by atoms with Crippen LogP contribution in [0.5, 0.6) is 17.2 Å². The minimum atomic E-state index is -1.82. The Balaban J connectivity index is 1.31. The quantitative estimate of drug-likeness (QED) is 0.0666. The Kier molecular flexibility index (Phi) is 12.1. The third kappa shape index (κ3) is 8.24. The molecule has 2 N–H and O–H groups in total. The lowest BCUT2D eigenvalue weighted by atomic mass is 9.79. The molecule has 0 spiro atoms. The number of alkyl halides is 3. The highest BCUT2D eigenvalue weighted by Crippen LogP contribution is 2.56. The number of cyclic esters (lactones) is 1. The van der Waals surface area contributed by atoms with E-state index in [2.05, 4.69) is 53.6 Å². The Labute approximate surface area is 338 Å². The molecule has 3 aliphatic heterocycles. The minimum Gasteiger partial charge on any atom is -0.489 e. The fraction of sp³-hybridized carbons (Fsp3) is 0.317. The number of fused-ring (bicyclic) bond motifs is 1. The van der Waals surface area contributed by atoms with Crippen molar-refractivity contribution >= 4 is 58.6 Å². The summed E-state index contributed by atoms with van der Waals surface area (Å²) in [5.41, 5.74) is 4.21. The third-order valence-corrected chi connectivity index (χ3v) is 11.3. The van der Waals surface area contributed by atoms with E-state index >= 15 is 0 Å². The van der Waals surface area contributed by atoms with E-state index in [-0.39, 0.29) is 32.4 Å². The predicted octanol–water partition coefficient (Wildman–Crippen LogP) is 8.11. The number of carbonyl (C=O) groups is 2. The number of nitrogens with one attached hydrogen (secondary N) is 2. The van der Waals surface area contributed by atoms with Gasteiger partial charge in [0.2, 0.25) is 10.6 Å². The molecule has 3 aliphatic rings. The van der Waals surface area contributed by atoms with Crippen LogP contribution in [-0.4, -0.2) is 66.9 Å². The van der Waals surface area contributed by atoms with Crippen molar-refractivity contribution in [3.8, 4) is 17.2 Å². The van der Waals surface area contributed by atoms with Gasteiger partial charge in [-0.2, -0.15) is 0 Å². The first-order valence-corrected chi connectivity index (χ1v) is 19.8. The maximum atomic E-state index is 13.7. The molecule has 7 rings (SSSR count). The average molecular weight is 826 g/mol. The number of hydrogen-bond acceptors (Lipinski definition) is 10. The SMILES string of the molecule is C=CCOc1c(C)c2c(c3c1C1COC(=O)C(NC(=O)OCC(Cl)(Cl)Cl)CSC3NC1COC(c1ccccc1)(c1ccccc1)c1ccccc1)OCO2. The summed E-state index contributed by atoms with van der Waals surface area (Å²) in [5, 5.41) is 5.91. The molecule has 55 heavy (non-hydrogen) atoms. The van der Waals surface area contributed by atoms with Crippen LogP contribution in [0, 0.1) is 6.92 Å². The van der Waals surface area contributed by atoms with Crippen LogP contribution in [0.3, 0.4) is 0 Å². The maximum Gasteiger partial charge on any atom is 0.408 e. The van der Waals surface area contributed by atoms with Gasteiger partial charge in [-0.1, -0.05) is 138 Å². The van der Waals surface area contributed by atoms with Crippen molar-refractivity contribution < 1.29 is 38.0 Å². The normalized spacial score (nSPS) is 20.5. The molecule has 4 aromatic carbocycles. The Bertz CT molecular complexity index is 1910.